The van der Waals surface area contributed by atoms with Crippen LogP contribution in [0.3, 0.4) is 0 Å². The minimum atomic E-state index is -3.86. The summed E-state index contributed by atoms with van der Waals surface area (Å²) in [4.78, 5) is 22.6. The average Bonchev–Trinajstić information content (AvgIpc) is 2.61. The van der Waals surface area contributed by atoms with Crippen LogP contribution in [0.4, 0.5) is 0 Å². The zero-order valence-corrected chi connectivity index (χ0v) is 17.4. The van der Waals surface area contributed by atoms with Gasteiger partial charge in [0.25, 0.3) is 0 Å². The Balaban J connectivity index is 4.40. The number of carbonyl (C=O) groups is 2. The van der Waals surface area contributed by atoms with Crippen molar-refractivity contribution in [1.29, 1.82) is 0 Å². The molecule has 0 saturated heterocycles. The topological polar surface area (TPSA) is 97.4 Å². The smallest absolute Gasteiger partial charge is 0.460 e. The summed E-state index contributed by atoms with van der Waals surface area (Å²) >= 11 is 0. The van der Waals surface area contributed by atoms with Gasteiger partial charge in [0.15, 0.2) is 0 Å². The number of esters is 2. The van der Waals surface area contributed by atoms with Crippen molar-refractivity contribution in [3.8, 4) is 0 Å². The second-order valence-electron chi connectivity index (χ2n) is 5.84. The van der Waals surface area contributed by atoms with Crippen LogP contribution in [-0.4, -0.2) is 45.0 Å². The van der Waals surface area contributed by atoms with Gasteiger partial charge in [0, 0.05) is 11.1 Å². The largest absolute Gasteiger partial charge is 0.475 e. The van der Waals surface area contributed by atoms with Crippen LogP contribution in [0, 0.1) is 0 Å². The predicted octanol–water partition coefficient (Wildman–Crippen LogP) is 3.96. The van der Waals surface area contributed by atoms with Gasteiger partial charge in [0.05, 0.1) is 19.8 Å². The number of ether oxygens (including phenoxy) is 2. The molecule has 0 amide bonds. The molecule has 0 spiro atoms. The van der Waals surface area contributed by atoms with Crippen molar-refractivity contribution >= 4 is 19.8 Å². The quantitative estimate of drug-likeness (QED) is 0.164. The molecule has 0 saturated carbocycles. The van der Waals surface area contributed by atoms with Crippen LogP contribution in [0.15, 0.2) is 24.3 Å². The maximum Gasteiger partial charge on any atom is 0.475 e. The van der Waals surface area contributed by atoms with E-state index in [0.29, 0.717) is 6.42 Å². The number of carbonyl (C=O) groups excluding carboxylic acids is 2. The van der Waals surface area contributed by atoms with Crippen LogP contribution in [0.1, 0.15) is 46.5 Å². The number of hydrogen-bond acceptors (Lipinski definition) is 8. The van der Waals surface area contributed by atoms with Gasteiger partial charge in [0.2, 0.25) is 0 Å². The summed E-state index contributed by atoms with van der Waals surface area (Å²) < 4.78 is 38.0. The molecule has 0 aromatic carbocycles. The minimum Gasteiger partial charge on any atom is -0.460 e. The molecular formula is C18H31O8P. The molecule has 0 atom stereocenters. The second-order valence-corrected chi connectivity index (χ2v) is 7.51. The van der Waals surface area contributed by atoms with Crippen molar-refractivity contribution in [2.75, 3.05) is 33.0 Å². The molecule has 0 fully saturated rings. The summed E-state index contributed by atoms with van der Waals surface area (Å²) in [6.45, 7) is 11.6. The van der Waals surface area contributed by atoms with Gasteiger partial charge >= 0.3 is 19.8 Å². The second kappa shape index (κ2) is 14.6. The fraction of sp³-hybridized carbons (Fsp3) is 0.667. The van der Waals surface area contributed by atoms with Crippen LogP contribution >= 0.6 is 7.82 Å². The lowest BCUT2D eigenvalue weighted by Gasteiger charge is -2.18. The summed E-state index contributed by atoms with van der Waals surface area (Å²) in [7, 11) is -3.86. The van der Waals surface area contributed by atoms with E-state index >= 15 is 0 Å². The fourth-order valence-corrected chi connectivity index (χ4v) is 2.80. The highest BCUT2D eigenvalue weighted by Gasteiger charge is 2.27. The van der Waals surface area contributed by atoms with Gasteiger partial charge in [-0.1, -0.05) is 39.3 Å². The molecule has 0 bridgehead atoms. The molecule has 0 heterocycles. The molecule has 0 unspecified atom stereocenters. The lowest BCUT2D eigenvalue weighted by atomic mass is 10.2. The monoisotopic (exact) mass is 406 g/mol. The highest BCUT2D eigenvalue weighted by atomic mass is 31.2. The van der Waals surface area contributed by atoms with Crippen molar-refractivity contribution in [3.63, 3.8) is 0 Å². The molecule has 0 radical (unpaired) electrons. The first-order chi connectivity index (χ1) is 12.7. The number of rotatable bonds is 16. The predicted molar refractivity (Wildman–Crippen MR) is 101 cm³/mol. The van der Waals surface area contributed by atoms with E-state index in [1.165, 1.54) is 13.8 Å². The van der Waals surface area contributed by atoms with E-state index in [2.05, 4.69) is 20.1 Å². The molecule has 0 aromatic heterocycles. The third kappa shape index (κ3) is 13.4. The van der Waals surface area contributed by atoms with Gasteiger partial charge in [-0.15, -0.1) is 0 Å². The Labute approximate surface area is 161 Å². The highest BCUT2D eigenvalue weighted by Crippen LogP contribution is 2.49. The van der Waals surface area contributed by atoms with E-state index < -0.39 is 19.8 Å². The highest BCUT2D eigenvalue weighted by molar-refractivity contribution is 7.48. The number of hydrogen-bond donors (Lipinski definition) is 0. The molecule has 8 nitrogen and oxygen atoms in total. The standard InChI is InChI=1S/C18H31O8P/c1-6-7-8-9-10-24-27(21,25-13-11-22-17(19)15(2)3)26-14-12-23-18(20)16(4)5/h2,4,6-14H2,1,3,5H3. The lowest BCUT2D eigenvalue weighted by molar-refractivity contribution is -0.140. The van der Waals surface area contributed by atoms with Crippen molar-refractivity contribution in [3.05, 3.63) is 24.3 Å². The molecule has 0 rings (SSSR count). The molecular weight excluding hydrogens is 375 g/mol. The van der Waals surface area contributed by atoms with Gasteiger partial charge in [0.1, 0.15) is 13.2 Å². The molecule has 0 aliphatic rings. The first kappa shape index (κ1) is 25.5. The molecule has 0 aromatic rings. The maximum absolute atomic E-state index is 12.6. The van der Waals surface area contributed by atoms with E-state index in [4.69, 9.17) is 23.0 Å². The number of unbranched alkanes of at least 4 members (excludes halogenated alkanes) is 3. The first-order valence-electron chi connectivity index (χ1n) is 8.90. The third-order valence-electron chi connectivity index (χ3n) is 3.08. The van der Waals surface area contributed by atoms with Gasteiger partial charge in [-0.25, -0.2) is 14.2 Å². The fourth-order valence-electron chi connectivity index (χ4n) is 1.63. The molecule has 156 valence electrons. The zero-order chi connectivity index (χ0) is 20.7. The van der Waals surface area contributed by atoms with Crippen LogP contribution in [-0.2, 0) is 37.2 Å². The Hall–Kier alpha value is -1.47. The number of phosphoric acid groups is 1. The Morgan fingerprint density at radius 2 is 1.19 bits per heavy atom. The summed E-state index contributed by atoms with van der Waals surface area (Å²) in [5.41, 5.74) is 0.502. The Morgan fingerprint density at radius 3 is 1.59 bits per heavy atom. The summed E-state index contributed by atoms with van der Waals surface area (Å²) in [6.07, 6.45) is 3.75. The normalized spacial score (nSPS) is 11.1. The molecule has 0 N–H and O–H groups in total. The SMILES string of the molecule is C=C(C)C(=O)OCCOP(=O)(OCCCCCC)OCCOC(=O)C(=C)C. The summed E-state index contributed by atoms with van der Waals surface area (Å²) in [5, 5.41) is 0. The first-order valence-corrected chi connectivity index (χ1v) is 10.4. The summed E-state index contributed by atoms with van der Waals surface area (Å²) in [6, 6.07) is 0. The van der Waals surface area contributed by atoms with Crippen molar-refractivity contribution in [1.82, 2.24) is 0 Å². The van der Waals surface area contributed by atoms with Gasteiger partial charge < -0.3 is 9.47 Å². The molecule has 0 aliphatic carbocycles. The molecule has 0 aliphatic heterocycles. The van der Waals surface area contributed by atoms with E-state index in [1.54, 1.807) is 0 Å². The maximum atomic E-state index is 12.6. The van der Waals surface area contributed by atoms with E-state index in [1.807, 2.05) is 0 Å². The van der Waals surface area contributed by atoms with Crippen LogP contribution < -0.4 is 0 Å². The number of phosphoric ester groups is 1. The van der Waals surface area contributed by atoms with E-state index in [9.17, 15) is 14.2 Å². The zero-order valence-electron chi connectivity index (χ0n) is 16.5. The Bertz CT molecular complexity index is 505. The van der Waals surface area contributed by atoms with E-state index in [0.717, 1.165) is 19.3 Å². The average molecular weight is 406 g/mol. The van der Waals surface area contributed by atoms with Crippen LogP contribution in [0.5, 0.6) is 0 Å². The third-order valence-corrected chi connectivity index (χ3v) is 4.57. The van der Waals surface area contributed by atoms with Crippen LogP contribution in [0.25, 0.3) is 0 Å². The lowest BCUT2D eigenvalue weighted by Crippen LogP contribution is -2.14. The molecule has 27 heavy (non-hydrogen) atoms. The van der Waals surface area contributed by atoms with Gasteiger partial charge in [-0.3, -0.25) is 13.6 Å². The van der Waals surface area contributed by atoms with Crippen molar-refractivity contribution in [2.24, 2.45) is 0 Å². The van der Waals surface area contributed by atoms with Gasteiger partial charge in [-0.05, 0) is 20.3 Å². The minimum absolute atomic E-state index is 0.122. The van der Waals surface area contributed by atoms with Crippen molar-refractivity contribution in [2.45, 2.75) is 46.5 Å². The van der Waals surface area contributed by atoms with Crippen molar-refractivity contribution < 1.29 is 37.2 Å². The Kier molecular flexibility index (Phi) is 13.8. The van der Waals surface area contributed by atoms with E-state index in [-0.39, 0.29) is 44.2 Å². The van der Waals surface area contributed by atoms with Crippen LogP contribution in [0.2, 0.25) is 0 Å². The summed E-state index contributed by atoms with van der Waals surface area (Å²) in [5.74, 6) is -1.14. The Morgan fingerprint density at radius 1 is 0.741 bits per heavy atom. The van der Waals surface area contributed by atoms with Gasteiger partial charge in [-0.2, -0.15) is 0 Å². The molecule has 9 heteroatoms.